The molecule has 122 valence electrons. The van der Waals surface area contributed by atoms with E-state index < -0.39 is 0 Å². The summed E-state index contributed by atoms with van der Waals surface area (Å²) in [4.78, 5) is 0. The third kappa shape index (κ3) is 3.29. The second-order valence-electron chi connectivity index (χ2n) is 7.55. The summed E-state index contributed by atoms with van der Waals surface area (Å²) < 4.78 is 12.1. The summed E-state index contributed by atoms with van der Waals surface area (Å²) in [6.07, 6.45) is 6.46. The fraction of sp³-hybridized carbons (Fsp3) is 1.00. The Bertz CT molecular complexity index is 349. The summed E-state index contributed by atoms with van der Waals surface area (Å²) in [5.41, 5.74) is 0.457. The zero-order chi connectivity index (χ0) is 14.9. The molecule has 3 rings (SSSR count). The summed E-state index contributed by atoms with van der Waals surface area (Å²) in [7, 11) is 0. The summed E-state index contributed by atoms with van der Waals surface area (Å²) in [6, 6.07) is 1.24. The second kappa shape index (κ2) is 6.38. The lowest BCUT2D eigenvalue weighted by Crippen LogP contribution is -2.64. The van der Waals surface area contributed by atoms with Crippen LogP contribution in [0.1, 0.15) is 52.9 Å². The molecule has 0 aromatic rings. The van der Waals surface area contributed by atoms with Gasteiger partial charge in [-0.1, -0.05) is 13.8 Å². The van der Waals surface area contributed by atoms with Crippen molar-refractivity contribution in [3.8, 4) is 0 Å². The number of hydrogen-bond donors (Lipinski definition) is 1. The highest BCUT2D eigenvalue weighted by atomic mass is 32.2. The minimum Gasteiger partial charge on any atom is -0.378 e. The predicted octanol–water partition coefficient (Wildman–Crippen LogP) is 3.22. The molecule has 3 atom stereocenters. The molecule has 1 saturated carbocycles. The number of rotatable bonds is 4. The lowest BCUT2D eigenvalue weighted by atomic mass is 9.64. The van der Waals surface area contributed by atoms with Crippen LogP contribution in [0.5, 0.6) is 0 Å². The quantitative estimate of drug-likeness (QED) is 0.863. The van der Waals surface area contributed by atoms with E-state index in [9.17, 15) is 0 Å². The maximum absolute atomic E-state index is 6.20. The van der Waals surface area contributed by atoms with Crippen LogP contribution in [0, 0.1) is 5.41 Å². The molecule has 4 heteroatoms. The van der Waals surface area contributed by atoms with E-state index >= 15 is 0 Å². The third-order valence-corrected chi connectivity index (χ3v) is 6.87. The SMILES string of the molecule is CCOC1CC(NC2CCOC3(CCSCC3)C2)C1(C)C. The van der Waals surface area contributed by atoms with E-state index in [4.69, 9.17) is 9.47 Å². The Kier molecular flexibility index (Phi) is 4.90. The van der Waals surface area contributed by atoms with Crippen molar-refractivity contribution in [3.05, 3.63) is 0 Å². The molecule has 1 aliphatic carbocycles. The van der Waals surface area contributed by atoms with Crippen LogP contribution in [0.15, 0.2) is 0 Å². The van der Waals surface area contributed by atoms with Crippen molar-refractivity contribution < 1.29 is 9.47 Å². The van der Waals surface area contributed by atoms with Crippen molar-refractivity contribution in [1.82, 2.24) is 5.32 Å². The monoisotopic (exact) mass is 313 g/mol. The van der Waals surface area contributed by atoms with Gasteiger partial charge in [-0.3, -0.25) is 0 Å². The van der Waals surface area contributed by atoms with Crippen LogP contribution < -0.4 is 5.32 Å². The van der Waals surface area contributed by atoms with Crippen molar-refractivity contribution in [3.63, 3.8) is 0 Å². The number of thioether (sulfide) groups is 1. The summed E-state index contributed by atoms with van der Waals surface area (Å²) >= 11 is 2.08. The normalized spacial score (nSPS) is 38.1. The summed E-state index contributed by atoms with van der Waals surface area (Å²) in [6.45, 7) is 8.56. The fourth-order valence-electron chi connectivity index (χ4n) is 4.20. The average Bonchev–Trinajstić information content (AvgIpc) is 2.47. The number of ether oxygens (including phenoxy) is 2. The molecule has 21 heavy (non-hydrogen) atoms. The van der Waals surface area contributed by atoms with Crippen molar-refractivity contribution in [2.75, 3.05) is 24.7 Å². The molecule has 2 aliphatic heterocycles. The Morgan fingerprint density at radius 1 is 1.29 bits per heavy atom. The van der Waals surface area contributed by atoms with Crippen LogP contribution in [0.3, 0.4) is 0 Å². The maximum Gasteiger partial charge on any atom is 0.0713 e. The van der Waals surface area contributed by atoms with E-state index in [0.29, 0.717) is 18.2 Å². The molecule has 0 amide bonds. The van der Waals surface area contributed by atoms with Gasteiger partial charge in [0, 0.05) is 30.7 Å². The van der Waals surface area contributed by atoms with Crippen LogP contribution >= 0.6 is 11.8 Å². The Balaban J connectivity index is 1.54. The highest BCUT2D eigenvalue weighted by Gasteiger charge is 2.50. The third-order valence-electron chi connectivity index (χ3n) is 5.88. The van der Waals surface area contributed by atoms with Gasteiger partial charge in [0.15, 0.2) is 0 Å². The van der Waals surface area contributed by atoms with Gasteiger partial charge in [0.1, 0.15) is 0 Å². The van der Waals surface area contributed by atoms with Gasteiger partial charge in [0.05, 0.1) is 11.7 Å². The molecule has 2 heterocycles. The van der Waals surface area contributed by atoms with Crippen molar-refractivity contribution in [2.45, 2.75) is 76.7 Å². The highest BCUT2D eigenvalue weighted by Crippen LogP contribution is 2.44. The molecule has 0 aromatic carbocycles. The predicted molar refractivity (Wildman–Crippen MR) is 89.0 cm³/mol. The first kappa shape index (κ1) is 16.1. The standard InChI is InChI=1S/C17H31NO2S/c1-4-19-15-11-14(16(15,2)3)18-13-5-8-20-17(12-13)6-9-21-10-7-17/h13-15,18H,4-12H2,1-3H3. The molecule has 1 spiro atoms. The van der Waals surface area contributed by atoms with Crippen molar-refractivity contribution >= 4 is 11.8 Å². The maximum atomic E-state index is 6.20. The van der Waals surface area contributed by atoms with Crippen molar-refractivity contribution in [2.24, 2.45) is 5.41 Å². The zero-order valence-corrected chi connectivity index (χ0v) is 14.6. The Hall–Kier alpha value is 0.230. The minimum absolute atomic E-state index is 0.189. The lowest BCUT2D eigenvalue weighted by Gasteiger charge is -2.54. The molecular weight excluding hydrogens is 282 g/mol. The smallest absolute Gasteiger partial charge is 0.0713 e. The summed E-state index contributed by atoms with van der Waals surface area (Å²) in [5.74, 6) is 2.54. The molecule has 1 N–H and O–H groups in total. The minimum atomic E-state index is 0.189. The Labute approximate surface area is 133 Å². The molecule has 3 aliphatic rings. The molecule has 0 aromatic heterocycles. The van der Waals surface area contributed by atoms with Crippen LogP contribution in [0.25, 0.3) is 0 Å². The van der Waals surface area contributed by atoms with E-state index in [0.717, 1.165) is 13.2 Å². The Morgan fingerprint density at radius 3 is 2.71 bits per heavy atom. The Morgan fingerprint density at radius 2 is 2.05 bits per heavy atom. The topological polar surface area (TPSA) is 30.5 Å². The molecule has 3 nitrogen and oxygen atoms in total. The largest absolute Gasteiger partial charge is 0.378 e. The first-order valence-corrected chi connectivity index (χ1v) is 9.80. The van der Waals surface area contributed by atoms with Gasteiger partial charge in [0.25, 0.3) is 0 Å². The van der Waals surface area contributed by atoms with E-state index in [2.05, 4.69) is 37.8 Å². The van der Waals surface area contributed by atoms with E-state index in [-0.39, 0.29) is 11.0 Å². The second-order valence-corrected chi connectivity index (χ2v) is 8.78. The average molecular weight is 314 g/mol. The van der Waals surface area contributed by atoms with E-state index in [1.54, 1.807) is 0 Å². The van der Waals surface area contributed by atoms with Gasteiger partial charge in [-0.2, -0.15) is 11.8 Å². The van der Waals surface area contributed by atoms with Gasteiger partial charge in [-0.25, -0.2) is 0 Å². The first-order valence-electron chi connectivity index (χ1n) is 8.65. The van der Waals surface area contributed by atoms with Gasteiger partial charge in [0.2, 0.25) is 0 Å². The first-order chi connectivity index (χ1) is 10.1. The molecule has 0 radical (unpaired) electrons. The van der Waals surface area contributed by atoms with Crippen LogP contribution in [0.4, 0.5) is 0 Å². The van der Waals surface area contributed by atoms with Crippen molar-refractivity contribution in [1.29, 1.82) is 0 Å². The van der Waals surface area contributed by atoms with Crippen LogP contribution in [-0.4, -0.2) is 48.5 Å². The zero-order valence-electron chi connectivity index (χ0n) is 13.8. The summed E-state index contributed by atoms with van der Waals surface area (Å²) in [5, 5.41) is 3.94. The lowest BCUT2D eigenvalue weighted by molar-refractivity contribution is -0.130. The van der Waals surface area contributed by atoms with Gasteiger partial charge < -0.3 is 14.8 Å². The molecule has 2 saturated heterocycles. The molecule has 0 bridgehead atoms. The highest BCUT2D eigenvalue weighted by molar-refractivity contribution is 7.99. The van der Waals surface area contributed by atoms with Gasteiger partial charge in [-0.05, 0) is 50.5 Å². The molecule has 3 fully saturated rings. The van der Waals surface area contributed by atoms with Gasteiger partial charge in [-0.15, -0.1) is 0 Å². The fourth-order valence-corrected chi connectivity index (χ4v) is 5.44. The van der Waals surface area contributed by atoms with Crippen LogP contribution in [0.2, 0.25) is 0 Å². The number of nitrogens with one attached hydrogen (secondary N) is 1. The van der Waals surface area contributed by atoms with Gasteiger partial charge >= 0.3 is 0 Å². The number of hydrogen-bond acceptors (Lipinski definition) is 4. The molecule has 3 unspecified atom stereocenters. The molecular formula is C17H31NO2S. The van der Waals surface area contributed by atoms with E-state index in [1.165, 1.54) is 43.6 Å². The van der Waals surface area contributed by atoms with E-state index in [1.807, 2.05) is 0 Å². The van der Waals surface area contributed by atoms with Crippen LogP contribution in [-0.2, 0) is 9.47 Å².